The van der Waals surface area contributed by atoms with Crippen LogP contribution in [0.5, 0.6) is 11.5 Å². The molecule has 46 heavy (non-hydrogen) atoms. The highest BCUT2D eigenvalue weighted by Crippen LogP contribution is 2.32. The average molecular weight is 628 g/mol. The maximum Gasteiger partial charge on any atom is 0.258 e. The summed E-state index contributed by atoms with van der Waals surface area (Å²) in [5.74, 6) is 0.539. The van der Waals surface area contributed by atoms with Crippen molar-refractivity contribution in [2.45, 2.75) is 32.6 Å². The molecule has 4 aromatic rings. The number of unbranched alkanes of at least 4 members (excludes halogenated alkanes) is 2. The molecule has 0 radical (unpaired) electrons. The summed E-state index contributed by atoms with van der Waals surface area (Å²) in [5, 5.41) is 13.4. The molecule has 0 spiro atoms. The lowest BCUT2D eigenvalue weighted by atomic mass is 10.1. The average Bonchev–Trinajstić information content (AvgIpc) is 3.55. The summed E-state index contributed by atoms with van der Waals surface area (Å²) in [5.41, 5.74) is 3.91. The van der Waals surface area contributed by atoms with E-state index in [0.29, 0.717) is 58.1 Å². The van der Waals surface area contributed by atoms with Crippen LogP contribution in [0.4, 0.5) is 11.4 Å². The number of likely N-dealkylation sites (N-methyl/N-ethyl adjacent to an activating group) is 1. The lowest BCUT2D eigenvalue weighted by Crippen LogP contribution is -2.47. The van der Waals surface area contributed by atoms with Gasteiger partial charge in [-0.25, -0.2) is 0 Å². The smallest absolute Gasteiger partial charge is 0.258 e. The molecule has 242 valence electrons. The number of carbonyl (C=O) groups excluding carboxylic acids is 3. The number of hydrogen-bond acceptors (Lipinski definition) is 8. The summed E-state index contributed by atoms with van der Waals surface area (Å²) >= 11 is 0. The molecule has 1 aromatic heterocycles. The fourth-order valence-electron chi connectivity index (χ4n) is 5.44. The molecule has 0 bridgehead atoms. The summed E-state index contributed by atoms with van der Waals surface area (Å²) in [6.45, 7) is 5.91. The van der Waals surface area contributed by atoms with Crippen molar-refractivity contribution in [1.82, 2.24) is 25.2 Å². The van der Waals surface area contributed by atoms with Crippen molar-refractivity contribution in [3.8, 4) is 11.5 Å². The minimum atomic E-state index is -0.378. The van der Waals surface area contributed by atoms with Crippen LogP contribution in [0.1, 0.15) is 52.0 Å². The lowest BCUT2D eigenvalue weighted by Gasteiger charge is -2.32. The second-order valence-corrected chi connectivity index (χ2v) is 11.6. The zero-order chi connectivity index (χ0) is 32.6. The van der Waals surface area contributed by atoms with Gasteiger partial charge in [-0.3, -0.25) is 19.5 Å². The van der Waals surface area contributed by atoms with Gasteiger partial charge in [-0.1, -0.05) is 17.3 Å². The highest BCUT2D eigenvalue weighted by Gasteiger charge is 2.21. The number of amides is 3. The van der Waals surface area contributed by atoms with Gasteiger partial charge >= 0.3 is 0 Å². The van der Waals surface area contributed by atoms with Gasteiger partial charge < -0.3 is 29.5 Å². The third-order valence-corrected chi connectivity index (χ3v) is 8.23. The number of rotatable bonds is 12. The summed E-state index contributed by atoms with van der Waals surface area (Å²) < 4.78 is 11.7. The fourth-order valence-corrected chi connectivity index (χ4v) is 5.44. The van der Waals surface area contributed by atoms with Crippen molar-refractivity contribution in [3.63, 3.8) is 0 Å². The molecule has 12 heteroatoms. The van der Waals surface area contributed by atoms with E-state index in [9.17, 15) is 14.4 Å². The number of piperazine rings is 1. The van der Waals surface area contributed by atoms with Crippen molar-refractivity contribution in [2.75, 3.05) is 64.2 Å². The quantitative estimate of drug-likeness (QED) is 0.219. The topological polar surface area (TPSA) is 133 Å². The molecular weight excluding hydrogens is 586 g/mol. The Kier molecular flexibility index (Phi) is 10.5. The monoisotopic (exact) mass is 627 g/mol. The van der Waals surface area contributed by atoms with E-state index in [4.69, 9.17) is 9.47 Å². The van der Waals surface area contributed by atoms with Crippen molar-refractivity contribution >= 4 is 40.1 Å². The van der Waals surface area contributed by atoms with Crippen LogP contribution < -0.4 is 19.7 Å². The number of methoxy groups -OCH3 is 1. The molecule has 0 unspecified atom stereocenters. The van der Waals surface area contributed by atoms with Crippen LogP contribution in [0.2, 0.25) is 0 Å². The summed E-state index contributed by atoms with van der Waals surface area (Å²) in [4.78, 5) is 44.9. The second kappa shape index (κ2) is 14.9. The van der Waals surface area contributed by atoms with Crippen LogP contribution in [-0.2, 0) is 4.79 Å². The second-order valence-electron chi connectivity index (χ2n) is 11.6. The van der Waals surface area contributed by atoms with Gasteiger partial charge in [0.05, 0.1) is 36.2 Å². The van der Waals surface area contributed by atoms with Crippen molar-refractivity contribution in [2.24, 2.45) is 0 Å². The number of nitrogens with one attached hydrogen (secondary N) is 2. The first-order chi connectivity index (χ1) is 22.2. The number of carbonyl (C=O) groups is 3. The van der Waals surface area contributed by atoms with E-state index in [-0.39, 0.29) is 17.7 Å². The van der Waals surface area contributed by atoms with Gasteiger partial charge in [0.25, 0.3) is 11.8 Å². The zero-order valence-corrected chi connectivity index (χ0v) is 26.8. The summed E-state index contributed by atoms with van der Waals surface area (Å²) in [6, 6.07) is 15.8. The van der Waals surface area contributed by atoms with E-state index in [1.165, 1.54) is 7.11 Å². The normalized spacial score (nSPS) is 13.4. The number of nitrogens with zero attached hydrogens (tertiary/aromatic N) is 5. The van der Waals surface area contributed by atoms with Gasteiger partial charge in [-0.05, 0) is 81.3 Å². The van der Waals surface area contributed by atoms with E-state index in [0.717, 1.165) is 51.0 Å². The number of hydrogen-bond donors (Lipinski definition) is 2. The molecule has 2 N–H and O–H groups in total. The number of fused-ring (bicyclic) bond motifs is 1. The standard InChI is InChI=1S/C34H41N7O5/c1-23-12-15-28(30(21-23)46-20-7-5-6-11-31(42)41-18-16-39(2)17-19-41)40(3)34(44)24-13-14-26(29(22-24)45-4)35-33(43)25-9-8-10-27-32(25)37-38-36-27/h8-10,12-15,21-22H,5-7,11,16-20H2,1-4H3,(H,35,43)(H,36,37,38). The van der Waals surface area contributed by atoms with Crippen molar-refractivity contribution < 1.29 is 23.9 Å². The number of aromatic amines is 1. The van der Waals surface area contributed by atoms with E-state index in [1.807, 2.05) is 30.0 Å². The Morgan fingerprint density at radius 3 is 2.57 bits per heavy atom. The third-order valence-electron chi connectivity index (χ3n) is 8.23. The summed E-state index contributed by atoms with van der Waals surface area (Å²) in [7, 11) is 5.26. The molecule has 3 aromatic carbocycles. The van der Waals surface area contributed by atoms with E-state index >= 15 is 0 Å². The molecule has 1 aliphatic rings. The number of benzene rings is 3. The molecular formula is C34H41N7O5. The lowest BCUT2D eigenvalue weighted by molar-refractivity contribution is -0.132. The van der Waals surface area contributed by atoms with Crippen LogP contribution in [0.3, 0.4) is 0 Å². The molecule has 0 aliphatic carbocycles. The Morgan fingerprint density at radius 1 is 0.978 bits per heavy atom. The predicted molar refractivity (Wildman–Crippen MR) is 177 cm³/mol. The van der Waals surface area contributed by atoms with E-state index in [2.05, 4.69) is 32.7 Å². The highest BCUT2D eigenvalue weighted by molar-refractivity contribution is 6.12. The molecule has 1 aliphatic heterocycles. The van der Waals surface area contributed by atoms with Crippen molar-refractivity contribution in [3.05, 3.63) is 71.3 Å². The van der Waals surface area contributed by atoms with Gasteiger partial charge in [0.15, 0.2) is 0 Å². The number of aromatic nitrogens is 3. The molecule has 12 nitrogen and oxygen atoms in total. The zero-order valence-electron chi connectivity index (χ0n) is 26.8. The van der Waals surface area contributed by atoms with E-state index in [1.54, 1.807) is 48.3 Å². The van der Waals surface area contributed by atoms with Crippen LogP contribution in [0.15, 0.2) is 54.6 Å². The maximum atomic E-state index is 13.6. The molecule has 0 atom stereocenters. The van der Waals surface area contributed by atoms with Gasteiger partial charge in [0.2, 0.25) is 5.91 Å². The van der Waals surface area contributed by atoms with Crippen LogP contribution >= 0.6 is 0 Å². The Morgan fingerprint density at radius 2 is 1.78 bits per heavy atom. The molecule has 2 heterocycles. The van der Waals surface area contributed by atoms with Gasteiger partial charge in [-0.2, -0.15) is 0 Å². The number of anilines is 2. The number of aryl methyl sites for hydroxylation is 1. The Balaban J connectivity index is 1.18. The number of ether oxygens (including phenoxy) is 2. The highest BCUT2D eigenvalue weighted by atomic mass is 16.5. The van der Waals surface area contributed by atoms with Crippen LogP contribution in [-0.4, -0.2) is 96.9 Å². The summed E-state index contributed by atoms with van der Waals surface area (Å²) in [6.07, 6.45) is 3.06. The molecule has 1 saturated heterocycles. The van der Waals surface area contributed by atoms with Gasteiger partial charge in [0.1, 0.15) is 17.0 Å². The van der Waals surface area contributed by atoms with Crippen LogP contribution in [0.25, 0.3) is 11.0 Å². The largest absolute Gasteiger partial charge is 0.495 e. The Hall–Kier alpha value is -4.97. The third kappa shape index (κ3) is 7.63. The Bertz CT molecular complexity index is 1700. The minimum absolute atomic E-state index is 0.228. The predicted octanol–water partition coefficient (Wildman–Crippen LogP) is 4.52. The van der Waals surface area contributed by atoms with E-state index < -0.39 is 0 Å². The van der Waals surface area contributed by atoms with Gasteiger partial charge in [-0.15, -0.1) is 5.10 Å². The first-order valence-electron chi connectivity index (χ1n) is 15.5. The maximum absolute atomic E-state index is 13.6. The van der Waals surface area contributed by atoms with Crippen LogP contribution in [0, 0.1) is 6.92 Å². The first-order valence-corrected chi connectivity index (χ1v) is 15.5. The first kappa shape index (κ1) is 32.4. The minimum Gasteiger partial charge on any atom is -0.495 e. The van der Waals surface area contributed by atoms with Gasteiger partial charge in [0, 0.05) is 45.2 Å². The molecule has 5 rings (SSSR count). The number of H-pyrrole nitrogens is 1. The molecule has 0 saturated carbocycles. The van der Waals surface area contributed by atoms with Crippen molar-refractivity contribution in [1.29, 1.82) is 0 Å². The Labute approximate surface area is 268 Å². The SMILES string of the molecule is COc1cc(C(=O)N(C)c2ccc(C)cc2OCCCCCC(=O)N2CCN(C)CC2)ccc1NC(=O)c1cccc2[nH]nnc12. The fraction of sp³-hybridized carbons (Fsp3) is 0.382. The molecule has 3 amide bonds. The molecule has 1 fully saturated rings.